The Hall–Kier alpha value is -7.68. The normalized spacial score (nSPS) is 12.6. The predicted molar refractivity (Wildman–Crippen MR) is 257 cm³/mol. The van der Waals surface area contributed by atoms with E-state index in [4.69, 9.17) is 0 Å². The fourth-order valence-electron chi connectivity index (χ4n) is 9.34. The number of benzene rings is 10. The molecule has 1 aliphatic carbocycles. The second-order valence-electron chi connectivity index (χ2n) is 15.5. The van der Waals surface area contributed by atoms with Crippen molar-refractivity contribution in [3.8, 4) is 22.3 Å². The second kappa shape index (κ2) is 15.2. The van der Waals surface area contributed by atoms with E-state index >= 15 is 0 Å². The lowest BCUT2D eigenvalue weighted by Gasteiger charge is -2.29. The van der Waals surface area contributed by atoms with Crippen molar-refractivity contribution in [3.63, 3.8) is 0 Å². The standard InChI is InChI=1S/C58H42N2/c1-5-23-43(24-6-1)59(44-25-7-2-8-26-44)47-35-37-53-55(39-47)57(51-33-17-21-41-19-13-15-31-49(41)51)54-38-36-48(60(45-27-9-3-10-28-45)46-29-11-4-12-30-46)40-56(54)58(53)52-34-18-22-42-20-14-16-32-50(42)52/h1-3,5-11,13-40H,4,12H2. The average Bonchev–Trinajstić information content (AvgIpc) is 3.32. The van der Waals surface area contributed by atoms with Crippen LogP contribution in [0, 0.1) is 0 Å². The first kappa shape index (κ1) is 35.5. The molecule has 0 heterocycles. The SMILES string of the molecule is C1=CC(N(c2ccccc2)c2ccc3c(-c4cccc5ccccc45)c4cc(N(c5ccccc5)c5ccccc5)ccc4c(-c4cccc5ccccc45)c3c2)=CCC1. The smallest absolute Gasteiger partial charge is 0.0468 e. The van der Waals surface area contributed by atoms with Crippen molar-refractivity contribution in [1.82, 2.24) is 0 Å². The minimum absolute atomic E-state index is 1.02. The van der Waals surface area contributed by atoms with Crippen LogP contribution in [0.15, 0.2) is 236 Å². The van der Waals surface area contributed by atoms with Gasteiger partial charge in [-0.1, -0.05) is 164 Å². The molecule has 0 bridgehead atoms. The molecule has 0 spiro atoms. The fraction of sp³-hybridized carbons (Fsp3) is 0.0345. The molecule has 0 radical (unpaired) electrons. The lowest BCUT2D eigenvalue weighted by atomic mass is 9.83. The number of fused-ring (bicyclic) bond motifs is 4. The number of nitrogens with zero attached hydrogens (tertiary/aromatic N) is 2. The third-order valence-corrected chi connectivity index (χ3v) is 12.0. The highest BCUT2D eigenvalue weighted by atomic mass is 15.1. The highest BCUT2D eigenvalue weighted by Gasteiger charge is 2.24. The molecule has 0 aromatic heterocycles. The maximum absolute atomic E-state index is 2.45. The third-order valence-electron chi connectivity index (χ3n) is 12.0. The Morgan fingerprint density at radius 1 is 0.300 bits per heavy atom. The summed E-state index contributed by atoms with van der Waals surface area (Å²) in [4.78, 5) is 4.80. The van der Waals surface area contributed by atoms with Crippen molar-refractivity contribution in [1.29, 1.82) is 0 Å². The van der Waals surface area contributed by atoms with Crippen molar-refractivity contribution in [2.24, 2.45) is 0 Å². The largest absolute Gasteiger partial charge is 0.311 e. The van der Waals surface area contributed by atoms with E-state index in [1.54, 1.807) is 0 Å². The molecule has 0 atom stereocenters. The van der Waals surface area contributed by atoms with Gasteiger partial charge < -0.3 is 9.80 Å². The monoisotopic (exact) mass is 766 g/mol. The Morgan fingerprint density at radius 3 is 1.22 bits per heavy atom. The van der Waals surface area contributed by atoms with Crippen LogP contribution in [-0.2, 0) is 0 Å². The van der Waals surface area contributed by atoms with Gasteiger partial charge in [-0.2, -0.15) is 0 Å². The molecule has 2 nitrogen and oxygen atoms in total. The van der Waals surface area contributed by atoms with Crippen LogP contribution in [0.2, 0.25) is 0 Å². The molecule has 10 aromatic rings. The number of rotatable bonds is 8. The van der Waals surface area contributed by atoms with Crippen LogP contribution >= 0.6 is 0 Å². The van der Waals surface area contributed by atoms with E-state index in [0.717, 1.165) is 41.3 Å². The van der Waals surface area contributed by atoms with Gasteiger partial charge in [0.15, 0.2) is 0 Å². The Balaban J connectivity index is 1.29. The first-order valence-electron chi connectivity index (χ1n) is 20.9. The molecular weight excluding hydrogens is 725 g/mol. The molecule has 0 amide bonds. The summed E-state index contributed by atoms with van der Waals surface area (Å²) in [5.74, 6) is 0. The van der Waals surface area contributed by atoms with Crippen LogP contribution in [0.25, 0.3) is 65.3 Å². The summed E-state index contributed by atoms with van der Waals surface area (Å²) >= 11 is 0. The zero-order valence-electron chi connectivity index (χ0n) is 33.2. The maximum Gasteiger partial charge on any atom is 0.0468 e. The fourth-order valence-corrected chi connectivity index (χ4v) is 9.34. The van der Waals surface area contributed by atoms with Gasteiger partial charge in [0, 0.05) is 34.1 Å². The lowest BCUT2D eigenvalue weighted by Crippen LogP contribution is -2.16. The summed E-state index contributed by atoms with van der Waals surface area (Å²) in [6, 6.07) is 77.7. The number of para-hydroxylation sites is 3. The van der Waals surface area contributed by atoms with E-state index in [9.17, 15) is 0 Å². The molecule has 0 fully saturated rings. The van der Waals surface area contributed by atoms with E-state index in [2.05, 4.69) is 240 Å². The van der Waals surface area contributed by atoms with Gasteiger partial charge in [-0.15, -0.1) is 0 Å². The van der Waals surface area contributed by atoms with Crippen molar-refractivity contribution in [3.05, 3.63) is 236 Å². The van der Waals surface area contributed by atoms with E-state index in [-0.39, 0.29) is 0 Å². The van der Waals surface area contributed by atoms with Gasteiger partial charge in [-0.05, 0) is 145 Å². The zero-order chi connectivity index (χ0) is 39.8. The molecular formula is C58H42N2. The van der Waals surface area contributed by atoms with Gasteiger partial charge in [0.05, 0.1) is 0 Å². The number of anilines is 5. The average molecular weight is 767 g/mol. The first-order valence-corrected chi connectivity index (χ1v) is 20.9. The van der Waals surface area contributed by atoms with Crippen molar-refractivity contribution in [2.45, 2.75) is 12.8 Å². The van der Waals surface area contributed by atoms with E-state index in [0.29, 0.717) is 0 Å². The summed E-state index contributed by atoms with van der Waals surface area (Å²) in [7, 11) is 0. The minimum Gasteiger partial charge on any atom is -0.311 e. The Labute approximate surface area is 351 Å². The Bertz CT molecular complexity index is 3210. The molecule has 284 valence electrons. The van der Waals surface area contributed by atoms with Crippen LogP contribution in [0.5, 0.6) is 0 Å². The number of hydrogen-bond acceptors (Lipinski definition) is 2. The molecule has 11 rings (SSSR count). The maximum atomic E-state index is 2.45. The van der Waals surface area contributed by atoms with Gasteiger partial charge >= 0.3 is 0 Å². The zero-order valence-corrected chi connectivity index (χ0v) is 33.2. The minimum atomic E-state index is 1.02. The molecule has 60 heavy (non-hydrogen) atoms. The molecule has 1 aliphatic rings. The van der Waals surface area contributed by atoms with Gasteiger partial charge in [0.1, 0.15) is 0 Å². The summed E-state index contributed by atoms with van der Waals surface area (Å²) < 4.78 is 0. The Morgan fingerprint density at radius 2 is 0.733 bits per heavy atom. The van der Waals surface area contributed by atoms with Crippen LogP contribution in [0.4, 0.5) is 28.4 Å². The lowest BCUT2D eigenvalue weighted by molar-refractivity contribution is 0.997. The highest BCUT2D eigenvalue weighted by Crippen LogP contribution is 2.50. The van der Waals surface area contributed by atoms with Crippen molar-refractivity contribution >= 4 is 71.5 Å². The topological polar surface area (TPSA) is 6.48 Å². The van der Waals surface area contributed by atoms with Gasteiger partial charge in [0.2, 0.25) is 0 Å². The highest BCUT2D eigenvalue weighted by molar-refractivity contribution is 6.26. The van der Waals surface area contributed by atoms with Gasteiger partial charge in [0.25, 0.3) is 0 Å². The molecule has 0 saturated heterocycles. The van der Waals surface area contributed by atoms with Crippen molar-refractivity contribution in [2.75, 3.05) is 9.80 Å². The summed E-state index contributed by atoms with van der Waals surface area (Å²) in [5, 5.41) is 9.79. The third kappa shape index (κ3) is 6.22. The van der Waals surface area contributed by atoms with Crippen LogP contribution in [-0.4, -0.2) is 0 Å². The van der Waals surface area contributed by atoms with Gasteiger partial charge in [-0.25, -0.2) is 0 Å². The van der Waals surface area contributed by atoms with Crippen LogP contribution in [0.1, 0.15) is 12.8 Å². The molecule has 0 N–H and O–H groups in total. The second-order valence-corrected chi connectivity index (χ2v) is 15.5. The number of allylic oxidation sites excluding steroid dienone is 3. The molecule has 10 aromatic carbocycles. The predicted octanol–water partition coefficient (Wildman–Crippen LogP) is 16.5. The quantitative estimate of drug-likeness (QED) is 0.142. The van der Waals surface area contributed by atoms with E-state index in [1.807, 2.05) is 0 Å². The van der Waals surface area contributed by atoms with E-state index < -0.39 is 0 Å². The molecule has 0 saturated carbocycles. The first-order chi connectivity index (χ1) is 29.8. The molecule has 0 aliphatic heterocycles. The molecule has 2 heteroatoms. The summed E-state index contributed by atoms with van der Waals surface area (Å²) in [6.45, 7) is 0. The Kier molecular flexibility index (Phi) is 9.02. The summed E-state index contributed by atoms with van der Waals surface area (Å²) in [5.41, 5.74) is 11.7. The summed E-state index contributed by atoms with van der Waals surface area (Å²) in [6.07, 6.45) is 9.03. The van der Waals surface area contributed by atoms with Gasteiger partial charge in [-0.3, -0.25) is 0 Å². The van der Waals surface area contributed by atoms with E-state index in [1.165, 1.54) is 71.0 Å². The molecule has 0 unspecified atom stereocenters. The van der Waals surface area contributed by atoms with Crippen LogP contribution < -0.4 is 9.80 Å². The number of hydrogen-bond donors (Lipinski definition) is 0. The van der Waals surface area contributed by atoms with Crippen LogP contribution in [0.3, 0.4) is 0 Å². The van der Waals surface area contributed by atoms with Crippen molar-refractivity contribution < 1.29 is 0 Å².